The molecule has 0 spiro atoms. The Bertz CT molecular complexity index is 853. The Balaban J connectivity index is 2.08. The summed E-state index contributed by atoms with van der Waals surface area (Å²) in [7, 11) is 0. The summed E-state index contributed by atoms with van der Waals surface area (Å²) in [5.41, 5.74) is 2.06. The average Bonchev–Trinajstić information content (AvgIpc) is 2.53. The van der Waals surface area contributed by atoms with Gasteiger partial charge in [0.05, 0.1) is 4.92 Å². The number of aryl methyl sites for hydroxylation is 1. The van der Waals surface area contributed by atoms with Crippen molar-refractivity contribution >= 4 is 16.5 Å². The minimum atomic E-state index is -0.814. The molecule has 0 fully saturated rings. The van der Waals surface area contributed by atoms with Gasteiger partial charge in [0.15, 0.2) is 0 Å². The van der Waals surface area contributed by atoms with Crippen LogP contribution in [0.5, 0.6) is 0 Å². The first-order valence-electron chi connectivity index (χ1n) is 6.98. The Labute approximate surface area is 127 Å². The predicted molar refractivity (Wildman–Crippen MR) is 85.8 cm³/mol. The Hall–Kier alpha value is -2.72. The Kier molecular flexibility index (Phi) is 3.61. The lowest BCUT2D eigenvalue weighted by Gasteiger charge is -2.15. The first-order valence-corrected chi connectivity index (χ1v) is 6.98. The van der Waals surface area contributed by atoms with Crippen molar-refractivity contribution in [2.75, 3.05) is 0 Å². The quantitative estimate of drug-likeness (QED) is 0.583. The number of nitro groups is 1. The van der Waals surface area contributed by atoms with Gasteiger partial charge in [-0.1, -0.05) is 42.5 Å². The number of hydrogen-bond acceptors (Lipinski definition) is 3. The van der Waals surface area contributed by atoms with E-state index in [0.717, 1.165) is 16.3 Å². The molecule has 3 aromatic rings. The van der Waals surface area contributed by atoms with Gasteiger partial charge in [0.25, 0.3) is 5.69 Å². The van der Waals surface area contributed by atoms with E-state index in [4.69, 9.17) is 0 Å². The molecule has 0 aliphatic rings. The lowest BCUT2D eigenvalue weighted by Crippen LogP contribution is -2.02. The molecule has 1 atom stereocenters. The number of benzene rings is 3. The fourth-order valence-corrected chi connectivity index (χ4v) is 2.72. The van der Waals surface area contributed by atoms with Crippen LogP contribution in [0.15, 0.2) is 60.7 Å². The predicted octanol–water partition coefficient (Wildman–Crippen LogP) is 4.14. The molecule has 3 rings (SSSR count). The van der Waals surface area contributed by atoms with E-state index in [1.807, 2.05) is 42.5 Å². The van der Waals surface area contributed by atoms with Crippen LogP contribution in [0.2, 0.25) is 0 Å². The van der Waals surface area contributed by atoms with Crippen molar-refractivity contribution in [2.24, 2.45) is 0 Å². The highest BCUT2D eigenvalue weighted by atomic mass is 16.6. The molecular formula is C18H15NO3. The molecule has 0 aliphatic heterocycles. The number of nitro benzene ring substituents is 1. The molecule has 1 unspecified atom stereocenters. The van der Waals surface area contributed by atoms with E-state index in [0.29, 0.717) is 11.1 Å². The Morgan fingerprint density at radius 2 is 1.77 bits per heavy atom. The fraction of sp³-hybridized carbons (Fsp3) is 0.111. The second-order valence-electron chi connectivity index (χ2n) is 5.27. The first-order chi connectivity index (χ1) is 10.6. The van der Waals surface area contributed by atoms with Gasteiger partial charge in [-0.2, -0.15) is 0 Å². The van der Waals surface area contributed by atoms with E-state index in [-0.39, 0.29) is 5.69 Å². The van der Waals surface area contributed by atoms with Crippen LogP contribution >= 0.6 is 0 Å². The number of aliphatic hydroxyl groups excluding tert-OH is 1. The van der Waals surface area contributed by atoms with Crippen molar-refractivity contribution in [2.45, 2.75) is 13.0 Å². The third kappa shape index (κ3) is 2.44. The second-order valence-corrected chi connectivity index (χ2v) is 5.27. The van der Waals surface area contributed by atoms with Crippen molar-refractivity contribution < 1.29 is 10.0 Å². The summed E-state index contributed by atoms with van der Waals surface area (Å²) < 4.78 is 0. The molecule has 0 aromatic heterocycles. The lowest BCUT2D eigenvalue weighted by molar-refractivity contribution is -0.385. The summed E-state index contributed by atoms with van der Waals surface area (Å²) in [6.45, 7) is 1.68. The maximum atomic E-state index is 10.9. The van der Waals surface area contributed by atoms with Gasteiger partial charge >= 0.3 is 0 Å². The number of hydrogen-bond donors (Lipinski definition) is 1. The van der Waals surface area contributed by atoms with Gasteiger partial charge in [0.2, 0.25) is 0 Å². The van der Waals surface area contributed by atoms with E-state index >= 15 is 0 Å². The lowest BCUT2D eigenvalue weighted by atomic mass is 9.95. The van der Waals surface area contributed by atoms with E-state index in [2.05, 4.69) is 0 Å². The van der Waals surface area contributed by atoms with Crippen LogP contribution in [0, 0.1) is 17.0 Å². The molecule has 0 amide bonds. The van der Waals surface area contributed by atoms with Crippen molar-refractivity contribution in [1.82, 2.24) is 0 Å². The van der Waals surface area contributed by atoms with Crippen molar-refractivity contribution in [3.63, 3.8) is 0 Å². The largest absolute Gasteiger partial charge is 0.384 e. The maximum Gasteiger partial charge on any atom is 0.272 e. The summed E-state index contributed by atoms with van der Waals surface area (Å²) in [5.74, 6) is 0. The molecule has 1 N–H and O–H groups in total. The van der Waals surface area contributed by atoms with E-state index in [9.17, 15) is 15.2 Å². The number of fused-ring (bicyclic) bond motifs is 1. The number of aliphatic hydroxyl groups is 1. The third-order valence-corrected chi connectivity index (χ3v) is 3.85. The highest BCUT2D eigenvalue weighted by Crippen LogP contribution is 2.31. The van der Waals surface area contributed by atoms with Crippen molar-refractivity contribution in [1.29, 1.82) is 0 Å². The molecule has 4 heteroatoms. The van der Waals surface area contributed by atoms with Gasteiger partial charge in [-0.15, -0.1) is 0 Å². The van der Waals surface area contributed by atoms with Gasteiger partial charge in [-0.25, -0.2) is 0 Å². The normalized spacial score (nSPS) is 12.3. The SMILES string of the molecule is Cc1cc(C(O)c2cccc3ccccc23)ccc1[N+](=O)[O-]. The Morgan fingerprint density at radius 3 is 2.50 bits per heavy atom. The van der Waals surface area contributed by atoms with E-state index in [1.165, 1.54) is 6.07 Å². The molecule has 3 aromatic carbocycles. The summed E-state index contributed by atoms with van der Waals surface area (Å²) in [6.07, 6.45) is -0.814. The molecule has 22 heavy (non-hydrogen) atoms. The molecule has 0 bridgehead atoms. The molecular weight excluding hydrogens is 278 g/mol. The van der Waals surface area contributed by atoms with Crippen molar-refractivity contribution in [3.8, 4) is 0 Å². The standard InChI is InChI=1S/C18H15NO3/c1-12-11-14(9-10-17(12)19(21)22)18(20)16-8-4-6-13-5-2-3-7-15(13)16/h2-11,18,20H,1H3. The first kappa shape index (κ1) is 14.2. The van der Waals surface area contributed by atoms with Gasteiger partial charge in [0, 0.05) is 11.6 Å². The second kappa shape index (κ2) is 5.58. The van der Waals surface area contributed by atoms with Gasteiger partial charge in [0.1, 0.15) is 6.10 Å². The zero-order valence-corrected chi connectivity index (χ0v) is 12.1. The summed E-state index contributed by atoms with van der Waals surface area (Å²) in [4.78, 5) is 10.5. The highest BCUT2D eigenvalue weighted by Gasteiger charge is 2.17. The van der Waals surface area contributed by atoms with Gasteiger partial charge < -0.3 is 5.11 Å². The minimum absolute atomic E-state index is 0.0638. The molecule has 0 saturated heterocycles. The molecule has 0 radical (unpaired) electrons. The number of rotatable bonds is 3. The zero-order chi connectivity index (χ0) is 15.7. The van der Waals surface area contributed by atoms with Crippen LogP contribution in [-0.2, 0) is 0 Å². The Morgan fingerprint density at radius 1 is 1.05 bits per heavy atom. The molecule has 0 heterocycles. The zero-order valence-electron chi connectivity index (χ0n) is 12.1. The van der Waals surface area contributed by atoms with Crippen LogP contribution < -0.4 is 0 Å². The van der Waals surface area contributed by atoms with Crippen LogP contribution in [0.25, 0.3) is 10.8 Å². The topological polar surface area (TPSA) is 63.4 Å². The fourth-order valence-electron chi connectivity index (χ4n) is 2.72. The van der Waals surface area contributed by atoms with E-state index < -0.39 is 11.0 Å². The van der Waals surface area contributed by atoms with Crippen LogP contribution in [-0.4, -0.2) is 10.0 Å². The summed E-state index contributed by atoms with van der Waals surface area (Å²) >= 11 is 0. The molecule has 0 aliphatic carbocycles. The summed E-state index contributed by atoms with van der Waals surface area (Å²) in [6, 6.07) is 18.3. The average molecular weight is 293 g/mol. The maximum absolute atomic E-state index is 10.9. The van der Waals surface area contributed by atoms with E-state index in [1.54, 1.807) is 19.1 Å². The smallest absolute Gasteiger partial charge is 0.272 e. The molecule has 110 valence electrons. The van der Waals surface area contributed by atoms with Gasteiger partial charge in [-0.3, -0.25) is 10.1 Å². The molecule has 4 nitrogen and oxygen atoms in total. The highest BCUT2D eigenvalue weighted by molar-refractivity contribution is 5.86. The van der Waals surface area contributed by atoms with Crippen molar-refractivity contribution in [3.05, 3.63) is 87.5 Å². The monoisotopic (exact) mass is 293 g/mol. The summed E-state index contributed by atoms with van der Waals surface area (Å²) in [5, 5.41) is 23.6. The van der Waals surface area contributed by atoms with Crippen LogP contribution in [0.4, 0.5) is 5.69 Å². The van der Waals surface area contributed by atoms with Gasteiger partial charge in [-0.05, 0) is 41.0 Å². The third-order valence-electron chi connectivity index (χ3n) is 3.85. The number of nitrogens with zero attached hydrogens (tertiary/aromatic N) is 1. The molecule has 0 saturated carbocycles. The minimum Gasteiger partial charge on any atom is -0.384 e. The van der Waals surface area contributed by atoms with Crippen LogP contribution in [0.1, 0.15) is 22.8 Å². The van der Waals surface area contributed by atoms with Crippen LogP contribution in [0.3, 0.4) is 0 Å².